The lowest BCUT2D eigenvalue weighted by Crippen LogP contribution is -2.29. The lowest BCUT2D eigenvalue weighted by Gasteiger charge is -2.13. The largest absolute Gasteiger partial charge is 0.497 e. The predicted octanol–water partition coefficient (Wildman–Crippen LogP) is 4.45. The van der Waals surface area contributed by atoms with Crippen LogP contribution in [0.4, 0.5) is 10.1 Å². The van der Waals surface area contributed by atoms with Gasteiger partial charge in [0.25, 0.3) is 5.91 Å². The van der Waals surface area contributed by atoms with Crippen LogP contribution in [0, 0.1) is 12.7 Å². The number of benzene rings is 2. The van der Waals surface area contributed by atoms with E-state index in [9.17, 15) is 14.0 Å². The molecule has 0 aliphatic carbocycles. The zero-order valence-electron chi connectivity index (χ0n) is 16.1. The van der Waals surface area contributed by atoms with E-state index < -0.39 is 18.0 Å². The number of nitrogens with zero attached hydrogens (tertiary/aromatic N) is 1. The minimum Gasteiger partial charge on any atom is -0.497 e. The van der Waals surface area contributed by atoms with E-state index in [1.807, 2.05) is 0 Å². The SMILES string of the molecule is COc1ccc(NC(=O)[C@H](C)OC(=O)c2sc(-c3ccc(F)cc3)nc2C)cc1. The lowest BCUT2D eigenvalue weighted by molar-refractivity contribution is -0.123. The number of ether oxygens (including phenoxy) is 2. The molecule has 3 rings (SSSR count). The molecule has 1 aromatic heterocycles. The van der Waals surface area contributed by atoms with Crippen molar-refractivity contribution in [2.45, 2.75) is 20.0 Å². The second-order valence-corrected chi connectivity index (χ2v) is 7.20. The van der Waals surface area contributed by atoms with Gasteiger partial charge < -0.3 is 14.8 Å². The number of halogens is 1. The number of amides is 1. The van der Waals surface area contributed by atoms with E-state index in [2.05, 4.69) is 10.3 Å². The van der Waals surface area contributed by atoms with Gasteiger partial charge in [-0.15, -0.1) is 11.3 Å². The van der Waals surface area contributed by atoms with Crippen molar-refractivity contribution < 1.29 is 23.5 Å². The normalized spacial score (nSPS) is 11.6. The molecule has 0 aliphatic rings. The summed E-state index contributed by atoms with van der Waals surface area (Å²) in [6.07, 6.45) is -1.000. The topological polar surface area (TPSA) is 77.5 Å². The van der Waals surface area contributed by atoms with Crippen LogP contribution in [0.1, 0.15) is 22.3 Å². The summed E-state index contributed by atoms with van der Waals surface area (Å²) in [7, 11) is 1.55. The van der Waals surface area contributed by atoms with Gasteiger partial charge in [0.15, 0.2) is 6.10 Å². The highest BCUT2D eigenvalue weighted by molar-refractivity contribution is 7.17. The fraction of sp³-hybridized carbons (Fsp3) is 0.190. The number of carbonyl (C=O) groups excluding carboxylic acids is 2. The highest BCUT2D eigenvalue weighted by Crippen LogP contribution is 2.29. The van der Waals surface area contributed by atoms with Gasteiger partial charge in [-0.1, -0.05) is 0 Å². The molecule has 0 radical (unpaired) electrons. The molecule has 1 N–H and O–H groups in total. The van der Waals surface area contributed by atoms with E-state index in [0.717, 1.165) is 11.3 Å². The molecule has 150 valence electrons. The summed E-state index contributed by atoms with van der Waals surface area (Å²) in [6, 6.07) is 12.6. The van der Waals surface area contributed by atoms with Crippen molar-refractivity contribution in [1.29, 1.82) is 0 Å². The average molecular weight is 414 g/mol. The third-order valence-corrected chi connectivity index (χ3v) is 5.27. The summed E-state index contributed by atoms with van der Waals surface area (Å²) in [6.45, 7) is 3.18. The van der Waals surface area contributed by atoms with E-state index in [-0.39, 0.29) is 5.82 Å². The standard InChI is InChI=1S/C21H19FN2O4S/c1-12-18(29-20(23-12)14-4-6-15(22)7-5-14)21(26)28-13(2)19(25)24-16-8-10-17(27-3)11-9-16/h4-11,13H,1-3H3,(H,24,25)/t13-/m0/s1. The predicted molar refractivity (Wildman–Crippen MR) is 109 cm³/mol. The molecule has 0 unspecified atom stereocenters. The van der Waals surface area contributed by atoms with Crippen molar-refractivity contribution in [3.05, 3.63) is 64.9 Å². The van der Waals surface area contributed by atoms with Crippen LogP contribution in [0.15, 0.2) is 48.5 Å². The molecule has 3 aromatic rings. The monoisotopic (exact) mass is 414 g/mol. The maximum atomic E-state index is 13.1. The Labute approximate surface area is 171 Å². The molecule has 1 atom stereocenters. The Hall–Kier alpha value is -3.26. The molecular weight excluding hydrogens is 395 g/mol. The summed E-state index contributed by atoms with van der Waals surface area (Å²) < 4.78 is 23.5. The van der Waals surface area contributed by atoms with E-state index in [0.29, 0.717) is 32.6 Å². The van der Waals surface area contributed by atoms with Crippen LogP contribution >= 0.6 is 11.3 Å². The molecule has 0 aliphatic heterocycles. The lowest BCUT2D eigenvalue weighted by atomic mass is 10.2. The molecule has 0 bridgehead atoms. The summed E-state index contributed by atoms with van der Waals surface area (Å²) in [5.41, 5.74) is 1.75. The number of methoxy groups -OCH3 is 1. The average Bonchev–Trinajstić information content (AvgIpc) is 3.10. The van der Waals surface area contributed by atoms with Crippen LogP contribution in [-0.2, 0) is 9.53 Å². The first-order chi connectivity index (χ1) is 13.9. The Balaban J connectivity index is 1.65. The first-order valence-corrected chi connectivity index (χ1v) is 9.58. The zero-order valence-corrected chi connectivity index (χ0v) is 16.9. The number of anilines is 1. The maximum Gasteiger partial charge on any atom is 0.351 e. The molecule has 0 saturated carbocycles. The first-order valence-electron chi connectivity index (χ1n) is 8.76. The van der Waals surface area contributed by atoms with Crippen LogP contribution < -0.4 is 10.1 Å². The maximum absolute atomic E-state index is 13.1. The van der Waals surface area contributed by atoms with Crippen LogP contribution in [0.3, 0.4) is 0 Å². The van der Waals surface area contributed by atoms with Gasteiger partial charge in [0.1, 0.15) is 21.5 Å². The van der Waals surface area contributed by atoms with Crippen LogP contribution in [0.2, 0.25) is 0 Å². The molecule has 29 heavy (non-hydrogen) atoms. The number of aromatic nitrogens is 1. The molecule has 0 spiro atoms. The van der Waals surface area contributed by atoms with Gasteiger partial charge in [0.2, 0.25) is 0 Å². The van der Waals surface area contributed by atoms with E-state index in [1.165, 1.54) is 19.1 Å². The molecule has 2 aromatic carbocycles. The Morgan fingerprint density at radius 2 is 1.76 bits per heavy atom. The Bertz CT molecular complexity index is 1020. The Kier molecular flexibility index (Phi) is 6.23. The fourth-order valence-corrected chi connectivity index (χ4v) is 3.44. The van der Waals surface area contributed by atoms with Crippen molar-refractivity contribution >= 4 is 28.9 Å². The number of nitrogens with one attached hydrogen (secondary N) is 1. The Morgan fingerprint density at radius 3 is 2.38 bits per heavy atom. The van der Waals surface area contributed by atoms with Gasteiger partial charge in [-0.25, -0.2) is 14.2 Å². The number of thiazole rings is 1. The van der Waals surface area contributed by atoms with Gasteiger partial charge >= 0.3 is 5.97 Å². The van der Waals surface area contributed by atoms with Crippen LogP contribution in [-0.4, -0.2) is 30.1 Å². The van der Waals surface area contributed by atoms with E-state index >= 15 is 0 Å². The molecule has 0 fully saturated rings. The number of esters is 1. The number of rotatable bonds is 6. The third-order valence-electron chi connectivity index (χ3n) is 4.08. The van der Waals surface area contributed by atoms with Gasteiger partial charge in [0.05, 0.1) is 12.8 Å². The van der Waals surface area contributed by atoms with Gasteiger partial charge in [-0.05, 0) is 62.4 Å². The smallest absolute Gasteiger partial charge is 0.351 e. The fourth-order valence-electron chi connectivity index (χ4n) is 2.49. The van der Waals surface area contributed by atoms with Crippen molar-refractivity contribution in [1.82, 2.24) is 4.98 Å². The number of aryl methyl sites for hydroxylation is 1. The summed E-state index contributed by atoms with van der Waals surface area (Å²) in [4.78, 5) is 29.5. The number of carbonyl (C=O) groups is 2. The summed E-state index contributed by atoms with van der Waals surface area (Å²) >= 11 is 1.13. The van der Waals surface area contributed by atoms with Crippen LogP contribution in [0.25, 0.3) is 10.6 Å². The molecule has 0 saturated heterocycles. The van der Waals surface area contributed by atoms with Crippen molar-refractivity contribution in [3.8, 4) is 16.3 Å². The van der Waals surface area contributed by atoms with E-state index in [1.54, 1.807) is 50.4 Å². The van der Waals surface area contributed by atoms with Crippen LogP contribution in [0.5, 0.6) is 5.75 Å². The molecule has 1 heterocycles. The first kappa shape index (κ1) is 20.5. The Morgan fingerprint density at radius 1 is 1.10 bits per heavy atom. The highest BCUT2D eigenvalue weighted by atomic mass is 32.1. The highest BCUT2D eigenvalue weighted by Gasteiger charge is 2.23. The second kappa shape index (κ2) is 8.83. The molecule has 1 amide bonds. The van der Waals surface area contributed by atoms with Gasteiger partial charge in [-0.2, -0.15) is 0 Å². The van der Waals surface area contributed by atoms with Gasteiger partial charge in [0, 0.05) is 11.3 Å². The zero-order chi connectivity index (χ0) is 21.0. The van der Waals surface area contributed by atoms with Crippen molar-refractivity contribution in [2.75, 3.05) is 12.4 Å². The summed E-state index contributed by atoms with van der Waals surface area (Å²) in [5, 5.41) is 3.26. The summed E-state index contributed by atoms with van der Waals surface area (Å²) in [5.74, 6) is -0.770. The second-order valence-electron chi connectivity index (χ2n) is 6.21. The van der Waals surface area contributed by atoms with Crippen molar-refractivity contribution in [3.63, 3.8) is 0 Å². The van der Waals surface area contributed by atoms with E-state index in [4.69, 9.17) is 9.47 Å². The van der Waals surface area contributed by atoms with Crippen molar-refractivity contribution in [2.24, 2.45) is 0 Å². The molecular formula is C21H19FN2O4S. The van der Waals surface area contributed by atoms with Gasteiger partial charge in [-0.3, -0.25) is 4.79 Å². The minimum absolute atomic E-state index is 0.299. The minimum atomic E-state index is -1.000. The number of hydrogen-bond donors (Lipinski definition) is 1. The third kappa shape index (κ3) is 4.97. The molecule has 8 heteroatoms. The quantitative estimate of drug-likeness (QED) is 0.603. The number of hydrogen-bond acceptors (Lipinski definition) is 6. The molecule has 6 nitrogen and oxygen atoms in total.